The van der Waals surface area contributed by atoms with E-state index in [9.17, 15) is 9.18 Å². The Labute approximate surface area is 91.3 Å². The van der Waals surface area contributed by atoms with Crippen LogP contribution in [0.1, 0.15) is 5.56 Å². The lowest BCUT2D eigenvalue weighted by molar-refractivity contribution is -0.113. The van der Waals surface area contributed by atoms with Gasteiger partial charge in [0.05, 0.1) is 11.3 Å². The molecule has 1 N–H and O–H groups in total. The maximum Gasteiger partial charge on any atom is 0.234 e. The number of nitrogens with zero attached hydrogens (tertiary/aromatic N) is 1. The molecule has 1 rings (SSSR count). The zero-order valence-corrected chi connectivity index (χ0v) is 8.90. The van der Waals surface area contributed by atoms with E-state index >= 15 is 0 Å². The van der Waals surface area contributed by atoms with Crippen LogP contribution in [-0.4, -0.2) is 17.9 Å². The number of hydrogen-bond donors (Lipinski definition) is 1. The molecule has 0 saturated heterocycles. The SMILES string of the molecule is CSCC(=O)Nc1ccc(C#N)c(F)c1. The molecule has 0 atom stereocenters. The van der Waals surface area contributed by atoms with Gasteiger partial charge in [0.15, 0.2) is 0 Å². The molecule has 0 unspecified atom stereocenters. The van der Waals surface area contributed by atoms with E-state index in [1.54, 1.807) is 12.3 Å². The molecule has 0 heterocycles. The standard InChI is InChI=1S/C10H9FN2OS/c1-15-6-10(14)13-8-3-2-7(5-12)9(11)4-8/h2-4H,6H2,1H3,(H,13,14). The second-order valence-corrected chi connectivity index (χ2v) is 3.65. The van der Waals surface area contributed by atoms with E-state index in [1.165, 1.54) is 23.9 Å². The van der Waals surface area contributed by atoms with Crippen molar-refractivity contribution in [1.29, 1.82) is 5.26 Å². The van der Waals surface area contributed by atoms with E-state index in [0.717, 1.165) is 6.07 Å². The molecule has 0 spiro atoms. The Hall–Kier alpha value is -1.54. The Morgan fingerprint density at radius 1 is 1.67 bits per heavy atom. The summed E-state index contributed by atoms with van der Waals surface area (Å²) >= 11 is 1.38. The number of hydrogen-bond acceptors (Lipinski definition) is 3. The van der Waals surface area contributed by atoms with E-state index < -0.39 is 5.82 Å². The Morgan fingerprint density at radius 2 is 2.40 bits per heavy atom. The highest BCUT2D eigenvalue weighted by atomic mass is 32.2. The van der Waals surface area contributed by atoms with Crippen LogP contribution in [0.3, 0.4) is 0 Å². The van der Waals surface area contributed by atoms with Gasteiger partial charge < -0.3 is 5.32 Å². The molecule has 0 saturated carbocycles. The van der Waals surface area contributed by atoms with Gasteiger partial charge in [0.25, 0.3) is 0 Å². The zero-order valence-electron chi connectivity index (χ0n) is 8.08. The maximum atomic E-state index is 13.1. The topological polar surface area (TPSA) is 52.9 Å². The van der Waals surface area contributed by atoms with E-state index in [2.05, 4.69) is 5.32 Å². The summed E-state index contributed by atoms with van der Waals surface area (Å²) in [6.07, 6.45) is 1.80. The molecule has 0 aromatic heterocycles. The van der Waals surface area contributed by atoms with E-state index in [4.69, 9.17) is 5.26 Å². The normalized spacial score (nSPS) is 9.40. The summed E-state index contributed by atoms with van der Waals surface area (Å²) in [5, 5.41) is 11.0. The van der Waals surface area contributed by atoms with Crippen LogP contribution in [0, 0.1) is 17.1 Å². The number of amides is 1. The second-order valence-electron chi connectivity index (χ2n) is 2.79. The van der Waals surface area contributed by atoms with Crippen molar-refractivity contribution >= 4 is 23.4 Å². The average molecular weight is 224 g/mol. The predicted octanol–water partition coefficient (Wildman–Crippen LogP) is 2.00. The van der Waals surface area contributed by atoms with Gasteiger partial charge in [-0.15, -0.1) is 0 Å². The molecule has 1 aromatic rings. The first-order valence-electron chi connectivity index (χ1n) is 4.16. The van der Waals surface area contributed by atoms with Gasteiger partial charge in [-0.1, -0.05) is 0 Å². The fraction of sp³-hybridized carbons (Fsp3) is 0.200. The smallest absolute Gasteiger partial charge is 0.234 e. The van der Waals surface area contributed by atoms with E-state index in [-0.39, 0.29) is 11.5 Å². The summed E-state index contributed by atoms with van der Waals surface area (Å²) in [4.78, 5) is 11.2. The number of nitriles is 1. The third-order valence-electron chi connectivity index (χ3n) is 1.65. The molecule has 78 valence electrons. The summed E-state index contributed by atoms with van der Waals surface area (Å²) in [5.41, 5.74) is 0.336. The van der Waals surface area contributed by atoms with Gasteiger partial charge in [0, 0.05) is 5.69 Å². The molecule has 0 radical (unpaired) electrons. The highest BCUT2D eigenvalue weighted by Crippen LogP contribution is 2.13. The molecule has 0 aliphatic rings. The minimum absolute atomic E-state index is 0.0298. The number of carbonyl (C=O) groups excluding carboxylic acids is 1. The molecule has 15 heavy (non-hydrogen) atoms. The third-order valence-corrected chi connectivity index (χ3v) is 2.20. The second kappa shape index (κ2) is 5.37. The summed E-state index contributed by atoms with van der Waals surface area (Å²) in [6.45, 7) is 0. The highest BCUT2D eigenvalue weighted by Gasteiger charge is 2.05. The fourth-order valence-corrected chi connectivity index (χ4v) is 1.35. The van der Waals surface area contributed by atoms with Crippen molar-refractivity contribution in [3.63, 3.8) is 0 Å². The van der Waals surface area contributed by atoms with Crippen molar-refractivity contribution in [2.45, 2.75) is 0 Å². The van der Waals surface area contributed by atoms with Crippen molar-refractivity contribution in [3.05, 3.63) is 29.6 Å². The summed E-state index contributed by atoms with van der Waals surface area (Å²) in [6, 6.07) is 5.68. The molecule has 3 nitrogen and oxygen atoms in total. The van der Waals surface area contributed by atoms with Crippen molar-refractivity contribution in [2.24, 2.45) is 0 Å². The third kappa shape index (κ3) is 3.26. The van der Waals surface area contributed by atoms with Crippen LogP contribution in [0.5, 0.6) is 0 Å². The summed E-state index contributed by atoms with van der Waals surface area (Å²) in [5.74, 6) is -0.493. The predicted molar refractivity (Wildman–Crippen MR) is 58.1 cm³/mol. The van der Waals surface area contributed by atoms with Crippen molar-refractivity contribution in [3.8, 4) is 6.07 Å². The van der Waals surface area contributed by atoms with Gasteiger partial charge in [-0.3, -0.25) is 4.79 Å². The molecule has 0 aliphatic heterocycles. The van der Waals surface area contributed by atoms with Gasteiger partial charge in [-0.25, -0.2) is 4.39 Å². The first-order chi connectivity index (χ1) is 7.17. The molecular weight excluding hydrogens is 215 g/mol. The molecule has 0 fully saturated rings. The first kappa shape index (κ1) is 11.5. The van der Waals surface area contributed by atoms with Crippen LogP contribution in [0.4, 0.5) is 10.1 Å². The van der Waals surface area contributed by atoms with Gasteiger partial charge in [-0.05, 0) is 24.5 Å². The molecule has 1 amide bonds. The van der Waals surface area contributed by atoms with Gasteiger partial charge in [0.2, 0.25) is 5.91 Å². The lowest BCUT2D eigenvalue weighted by Crippen LogP contribution is -2.13. The van der Waals surface area contributed by atoms with Crippen LogP contribution in [0.2, 0.25) is 0 Å². The summed E-state index contributed by atoms with van der Waals surface area (Å²) < 4.78 is 13.1. The molecule has 5 heteroatoms. The number of anilines is 1. The molecule has 0 aliphatic carbocycles. The number of carbonyl (C=O) groups is 1. The molecular formula is C10H9FN2OS. The minimum Gasteiger partial charge on any atom is -0.325 e. The quantitative estimate of drug-likeness (QED) is 0.854. The zero-order chi connectivity index (χ0) is 11.3. The highest BCUT2D eigenvalue weighted by molar-refractivity contribution is 7.99. The Balaban J connectivity index is 2.76. The minimum atomic E-state index is -0.626. The molecule has 0 bridgehead atoms. The Bertz CT molecular complexity index is 414. The van der Waals surface area contributed by atoms with Crippen LogP contribution >= 0.6 is 11.8 Å². The van der Waals surface area contributed by atoms with Crippen molar-refractivity contribution in [1.82, 2.24) is 0 Å². The monoisotopic (exact) mass is 224 g/mol. The number of halogens is 1. The van der Waals surface area contributed by atoms with Gasteiger partial charge in [0.1, 0.15) is 11.9 Å². The van der Waals surface area contributed by atoms with Crippen molar-refractivity contribution in [2.75, 3.05) is 17.3 Å². The maximum absolute atomic E-state index is 13.1. The summed E-state index contributed by atoms with van der Waals surface area (Å²) in [7, 11) is 0. The van der Waals surface area contributed by atoms with E-state index in [0.29, 0.717) is 11.4 Å². The largest absolute Gasteiger partial charge is 0.325 e. The van der Waals surface area contributed by atoms with E-state index in [1.807, 2.05) is 0 Å². The van der Waals surface area contributed by atoms with Crippen LogP contribution in [-0.2, 0) is 4.79 Å². The average Bonchev–Trinajstić information content (AvgIpc) is 2.18. The number of rotatable bonds is 3. The Kier molecular flexibility index (Phi) is 4.13. The lowest BCUT2D eigenvalue weighted by atomic mass is 10.2. The number of nitrogens with one attached hydrogen (secondary N) is 1. The van der Waals surface area contributed by atoms with Crippen LogP contribution in [0.25, 0.3) is 0 Å². The first-order valence-corrected chi connectivity index (χ1v) is 5.55. The Morgan fingerprint density at radius 3 is 2.93 bits per heavy atom. The number of benzene rings is 1. The van der Waals surface area contributed by atoms with Gasteiger partial charge >= 0.3 is 0 Å². The number of thioether (sulfide) groups is 1. The lowest BCUT2D eigenvalue weighted by Gasteiger charge is -2.04. The van der Waals surface area contributed by atoms with Crippen LogP contribution in [0.15, 0.2) is 18.2 Å². The van der Waals surface area contributed by atoms with Gasteiger partial charge in [-0.2, -0.15) is 17.0 Å². The fourth-order valence-electron chi connectivity index (χ4n) is 1.01. The van der Waals surface area contributed by atoms with Crippen molar-refractivity contribution < 1.29 is 9.18 Å². The molecule has 1 aromatic carbocycles. The van der Waals surface area contributed by atoms with Crippen LogP contribution < -0.4 is 5.32 Å².